The van der Waals surface area contributed by atoms with Gasteiger partial charge in [-0.1, -0.05) is 27.7 Å². The van der Waals surface area contributed by atoms with Crippen LogP contribution in [0.4, 0.5) is 0 Å². The first-order chi connectivity index (χ1) is 8.65. The molecule has 1 rings (SSSR count). The Bertz CT molecular complexity index is 314. The number of nitrogens with zero attached hydrogens (tertiary/aromatic N) is 1. The quantitative estimate of drug-likeness (QED) is 0.730. The number of rotatable bonds is 9. The second-order valence-electron chi connectivity index (χ2n) is 5.23. The molecule has 1 aromatic heterocycles. The minimum Gasteiger partial charge on any atom is -0.468 e. The maximum atomic E-state index is 5.64. The lowest BCUT2D eigenvalue weighted by Gasteiger charge is -2.19. The molecule has 0 aliphatic rings. The van der Waals surface area contributed by atoms with Crippen molar-refractivity contribution in [3.05, 3.63) is 23.7 Å². The Kier molecular flexibility index (Phi) is 7.06. The van der Waals surface area contributed by atoms with Crippen LogP contribution < -0.4 is 5.32 Å². The van der Waals surface area contributed by atoms with E-state index in [1.165, 1.54) is 18.4 Å². The third kappa shape index (κ3) is 5.69. The second-order valence-corrected chi connectivity index (χ2v) is 5.23. The first-order valence-corrected chi connectivity index (χ1v) is 7.17. The Morgan fingerprint density at radius 1 is 1.22 bits per heavy atom. The van der Waals surface area contributed by atoms with Crippen LogP contribution >= 0.6 is 0 Å². The highest BCUT2D eigenvalue weighted by molar-refractivity contribution is 5.12. The molecule has 18 heavy (non-hydrogen) atoms. The smallest absolute Gasteiger partial charge is 0.118 e. The van der Waals surface area contributed by atoms with Crippen LogP contribution in [0, 0.1) is 0 Å². The fourth-order valence-electron chi connectivity index (χ4n) is 2.05. The van der Waals surface area contributed by atoms with Gasteiger partial charge < -0.3 is 9.73 Å². The molecule has 0 amide bonds. The first-order valence-electron chi connectivity index (χ1n) is 7.17. The summed E-state index contributed by atoms with van der Waals surface area (Å²) in [6, 6.07) is 2.69. The van der Waals surface area contributed by atoms with Gasteiger partial charge >= 0.3 is 0 Å². The summed E-state index contributed by atoms with van der Waals surface area (Å²) >= 11 is 0. The molecule has 0 atom stereocenters. The topological polar surface area (TPSA) is 28.4 Å². The Morgan fingerprint density at radius 2 is 1.89 bits per heavy atom. The van der Waals surface area contributed by atoms with Crippen molar-refractivity contribution in [1.82, 2.24) is 10.2 Å². The normalized spacial score (nSPS) is 11.7. The lowest BCUT2D eigenvalue weighted by Crippen LogP contribution is -2.24. The highest BCUT2D eigenvalue weighted by Gasteiger charge is 2.08. The molecular formula is C15H28N2O. The van der Waals surface area contributed by atoms with Gasteiger partial charge in [-0.25, -0.2) is 0 Å². The fourth-order valence-corrected chi connectivity index (χ4v) is 2.05. The summed E-state index contributed by atoms with van der Waals surface area (Å²) in [6.45, 7) is 12.9. The van der Waals surface area contributed by atoms with E-state index in [4.69, 9.17) is 4.42 Å². The molecule has 0 aliphatic heterocycles. The van der Waals surface area contributed by atoms with Crippen molar-refractivity contribution in [2.45, 2.75) is 59.7 Å². The van der Waals surface area contributed by atoms with Gasteiger partial charge in [-0.05, 0) is 32.0 Å². The third-order valence-corrected chi connectivity index (χ3v) is 2.88. The van der Waals surface area contributed by atoms with Gasteiger partial charge in [-0.15, -0.1) is 0 Å². The van der Waals surface area contributed by atoms with Crippen LogP contribution in [0.25, 0.3) is 0 Å². The van der Waals surface area contributed by atoms with Gasteiger partial charge in [0.2, 0.25) is 0 Å². The largest absolute Gasteiger partial charge is 0.468 e. The number of furan rings is 1. The molecule has 0 fully saturated rings. The van der Waals surface area contributed by atoms with Gasteiger partial charge in [-0.2, -0.15) is 0 Å². The average Bonchev–Trinajstić information content (AvgIpc) is 2.75. The molecule has 0 spiro atoms. The molecule has 0 aliphatic carbocycles. The lowest BCUT2D eigenvalue weighted by atomic mass is 10.2. The van der Waals surface area contributed by atoms with Gasteiger partial charge in [0.05, 0.1) is 12.8 Å². The zero-order valence-corrected chi connectivity index (χ0v) is 12.3. The Hall–Kier alpha value is -0.800. The summed E-state index contributed by atoms with van der Waals surface area (Å²) in [4.78, 5) is 2.46. The van der Waals surface area contributed by atoms with Crippen LogP contribution in [0.1, 0.15) is 51.9 Å². The Balaban J connectivity index is 2.45. The maximum Gasteiger partial charge on any atom is 0.118 e. The fraction of sp³-hybridized carbons (Fsp3) is 0.733. The standard InChI is InChI=1S/C15H28N2O/c1-5-7-17(8-6-2)11-15-9-14(12-18-15)10-16-13(3)4/h9,12-13,16H,5-8,10-11H2,1-4H3. The van der Waals surface area contributed by atoms with Crippen LogP contribution in [0.3, 0.4) is 0 Å². The Labute approximate surface area is 112 Å². The minimum atomic E-state index is 0.514. The number of nitrogens with one attached hydrogen (secondary N) is 1. The molecule has 0 aromatic carbocycles. The van der Waals surface area contributed by atoms with Crippen molar-refractivity contribution < 1.29 is 4.42 Å². The molecule has 0 unspecified atom stereocenters. The SMILES string of the molecule is CCCN(CCC)Cc1cc(CNC(C)C)co1. The molecule has 1 N–H and O–H groups in total. The monoisotopic (exact) mass is 252 g/mol. The van der Waals surface area contributed by atoms with E-state index in [2.05, 4.69) is 44.0 Å². The molecule has 0 saturated heterocycles. The zero-order valence-electron chi connectivity index (χ0n) is 12.3. The van der Waals surface area contributed by atoms with Gasteiger partial charge in [-0.3, -0.25) is 4.90 Å². The van der Waals surface area contributed by atoms with E-state index in [1.54, 1.807) is 0 Å². The van der Waals surface area contributed by atoms with Crippen molar-refractivity contribution in [3.8, 4) is 0 Å². The van der Waals surface area contributed by atoms with Crippen molar-refractivity contribution >= 4 is 0 Å². The predicted molar refractivity (Wildman–Crippen MR) is 76.5 cm³/mol. The molecular weight excluding hydrogens is 224 g/mol. The van der Waals surface area contributed by atoms with Gasteiger partial charge in [0.15, 0.2) is 0 Å². The highest BCUT2D eigenvalue weighted by atomic mass is 16.3. The van der Waals surface area contributed by atoms with E-state index in [1.807, 2.05) is 6.26 Å². The molecule has 3 nitrogen and oxygen atoms in total. The van der Waals surface area contributed by atoms with Crippen molar-refractivity contribution in [2.75, 3.05) is 13.1 Å². The van der Waals surface area contributed by atoms with Crippen LogP contribution in [0.5, 0.6) is 0 Å². The summed E-state index contributed by atoms with van der Waals surface area (Å²) in [5.74, 6) is 1.08. The van der Waals surface area contributed by atoms with Crippen LogP contribution in [-0.4, -0.2) is 24.0 Å². The zero-order chi connectivity index (χ0) is 13.4. The summed E-state index contributed by atoms with van der Waals surface area (Å²) < 4.78 is 5.64. The summed E-state index contributed by atoms with van der Waals surface area (Å²) in [5, 5.41) is 3.41. The van der Waals surface area contributed by atoms with Crippen LogP contribution in [0.2, 0.25) is 0 Å². The van der Waals surface area contributed by atoms with Crippen molar-refractivity contribution in [1.29, 1.82) is 0 Å². The number of hydrogen-bond acceptors (Lipinski definition) is 3. The molecule has 104 valence electrons. The van der Waals surface area contributed by atoms with E-state index >= 15 is 0 Å². The second kappa shape index (κ2) is 8.33. The maximum absolute atomic E-state index is 5.64. The minimum absolute atomic E-state index is 0.514. The molecule has 0 bridgehead atoms. The van der Waals surface area contributed by atoms with Gasteiger partial charge in [0, 0.05) is 18.2 Å². The predicted octanol–water partition coefficient (Wildman–Crippen LogP) is 3.40. The van der Waals surface area contributed by atoms with E-state index in [-0.39, 0.29) is 0 Å². The first kappa shape index (κ1) is 15.3. The summed E-state index contributed by atoms with van der Waals surface area (Å²) in [6.07, 6.45) is 4.27. The van der Waals surface area contributed by atoms with Gasteiger partial charge in [0.25, 0.3) is 0 Å². The molecule has 0 radical (unpaired) electrons. The molecule has 0 saturated carbocycles. The third-order valence-electron chi connectivity index (χ3n) is 2.88. The van der Waals surface area contributed by atoms with E-state index in [0.717, 1.165) is 31.9 Å². The molecule has 1 heterocycles. The summed E-state index contributed by atoms with van der Waals surface area (Å²) in [5.41, 5.74) is 1.24. The Morgan fingerprint density at radius 3 is 2.44 bits per heavy atom. The molecule has 3 heteroatoms. The van der Waals surface area contributed by atoms with Crippen LogP contribution in [0.15, 0.2) is 16.7 Å². The van der Waals surface area contributed by atoms with Crippen LogP contribution in [-0.2, 0) is 13.1 Å². The van der Waals surface area contributed by atoms with E-state index in [0.29, 0.717) is 6.04 Å². The average molecular weight is 252 g/mol. The highest BCUT2D eigenvalue weighted by Crippen LogP contribution is 2.11. The molecule has 1 aromatic rings. The lowest BCUT2D eigenvalue weighted by molar-refractivity contribution is 0.244. The van der Waals surface area contributed by atoms with E-state index < -0.39 is 0 Å². The summed E-state index contributed by atoms with van der Waals surface area (Å²) in [7, 11) is 0. The number of hydrogen-bond donors (Lipinski definition) is 1. The van der Waals surface area contributed by atoms with Crippen molar-refractivity contribution in [3.63, 3.8) is 0 Å². The van der Waals surface area contributed by atoms with Gasteiger partial charge in [0.1, 0.15) is 5.76 Å². The van der Waals surface area contributed by atoms with Crippen molar-refractivity contribution in [2.24, 2.45) is 0 Å². The van der Waals surface area contributed by atoms with E-state index in [9.17, 15) is 0 Å².